The monoisotopic (exact) mass is 344 g/mol. The molecule has 0 bridgehead atoms. The minimum Gasteiger partial charge on any atom is -0.493 e. The fraction of sp³-hybridized carbons (Fsp3) is 0.474. The van der Waals surface area contributed by atoms with Gasteiger partial charge in [0.15, 0.2) is 23.8 Å². The van der Waals surface area contributed by atoms with Crippen LogP contribution in [0.2, 0.25) is 0 Å². The minimum absolute atomic E-state index is 0.0650. The number of hydrogen-bond acceptors (Lipinski definition) is 5. The average molecular weight is 344 g/mol. The van der Waals surface area contributed by atoms with Crippen molar-refractivity contribution in [2.24, 2.45) is 0 Å². The van der Waals surface area contributed by atoms with Gasteiger partial charge in [-0.1, -0.05) is 18.9 Å². The Hall–Kier alpha value is -2.50. The zero-order chi connectivity index (χ0) is 17.6. The molecule has 1 aliphatic rings. The van der Waals surface area contributed by atoms with Crippen LogP contribution in [0.5, 0.6) is 11.5 Å². The predicted molar refractivity (Wildman–Crippen MR) is 92.9 cm³/mol. The Kier molecular flexibility index (Phi) is 5.58. The number of aryl methyl sites for hydroxylation is 1. The molecule has 1 fully saturated rings. The first-order chi connectivity index (χ1) is 12.2. The molecule has 1 aromatic carbocycles. The summed E-state index contributed by atoms with van der Waals surface area (Å²) in [7, 11) is 1.60. The Bertz CT molecular complexity index is 718. The van der Waals surface area contributed by atoms with E-state index in [0.29, 0.717) is 23.1 Å². The highest BCUT2D eigenvalue weighted by atomic mass is 16.5. The quantitative estimate of drug-likeness (QED) is 0.829. The number of oxazole rings is 1. The van der Waals surface area contributed by atoms with Gasteiger partial charge in [-0.3, -0.25) is 4.79 Å². The van der Waals surface area contributed by atoms with Gasteiger partial charge in [0.25, 0.3) is 5.91 Å². The molecule has 6 nitrogen and oxygen atoms in total. The number of rotatable bonds is 5. The van der Waals surface area contributed by atoms with Gasteiger partial charge < -0.3 is 18.8 Å². The van der Waals surface area contributed by atoms with E-state index in [0.717, 1.165) is 31.5 Å². The number of nitrogens with zero attached hydrogens (tertiary/aromatic N) is 2. The zero-order valence-corrected chi connectivity index (χ0v) is 14.8. The standard InChI is InChI=1S/C19H24N2O4/c1-14-7-8-16(17(11-14)23-2)24-13-18-20-15(12-25-18)19(22)21-9-5-3-4-6-10-21/h7-8,11-12H,3-6,9-10,13H2,1-2H3. The summed E-state index contributed by atoms with van der Waals surface area (Å²) in [6.07, 6.45) is 5.87. The molecule has 2 aromatic rings. The summed E-state index contributed by atoms with van der Waals surface area (Å²) in [5.41, 5.74) is 1.43. The summed E-state index contributed by atoms with van der Waals surface area (Å²) in [6, 6.07) is 5.70. The minimum atomic E-state index is -0.0650. The number of benzene rings is 1. The topological polar surface area (TPSA) is 64.8 Å². The lowest BCUT2D eigenvalue weighted by molar-refractivity contribution is 0.0755. The molecule has 2 heterocycles. The molecule has 0 radical (unpaired) electrons. The van der Waals surface area contributed by atoms with Crippen molar-refractivity contribution in [1.82, 2.24) is 9.88 Å². The van der Waals surface area contributed by atoms with Gasteiger partial charge in [-0.15, -0.1) is 0 Å². The number of likely N-dealkylation sites (tertiary alicyclic amines) is 1. The molecule has 1 aromatic heterocycles. The van der Waals surface area contributed by atoms with Crippen molar-refractivity contribution >= 4 is 5.91 Å². The largest absolute Gasteiger partial charge is 0.493 e. The zero-order valence-electron chi connectivity index (χ0n) is 14.8. The van der Waals surface area contributed by atoms with Crippen molar-refractivity contribution in [1.29, 1.82) is 0 Å². The smallest absolute Gasteiger partial charge is 0.275 e. The molecule has 0 N–H and O–H groups in total. The Morgan fingerprint density at radius 2 is 1.96 bits per heavy atom. The molecule has 134 valence electrons. The van der Waals surface area contributed by atoms with Crippen LogP contribution in [0.15, 0.2) is 28.9 Å². The van der Waals surface area contributed by atoms with E-state index in [1.807, 2.05) is 30.0 Å². The fourth-order valence-electron chi connectivity index (χ4n) is 2.94. The van der Waals surface area contributed by atoms with Crippen molar-refractivity contribution < 1.29 is 18.7 Å². The maximum absolute atomic E-state index is 12.5. The van der Waals surface area contributed by atoms with Crippen LogP contribution in [0.3, 0.4) is 0 Å². The highest BCUT2D eigenvalue weighted by Gasteiger charge is 2.21. The lowest BCUT2D eigenvalue weighted by atomic mass is 10.2. The Labute approximate surface area is 147 Å². The number of carbonyl (C=O) groups excluding carboxylic acids is 1. The lowest BCUT2D eigenvalue weighted by Crippen LogP contribution is -2.32. The Morgan fingerprint density at radius 1 is 1.20 bits per heavy atom. The molecular formula is C19H24N2O4. The SMILES string of the molecule is COc1cc(C)ccc1OCc1nc(C(=O)N2CCCCCC2)co1. The van der Waals surface area contributed by atoms with E-state index in [1.165, 1.54) is 19.1 Å². The van der Waals surface area contributed by atoms with Crippen LogP contribution in [-0.4, -0.2) is 36.0 Å². The van der Waals surface area contributed by atoms with Crippen LogP contribution >= 0.6 is 0 Å². The summed E-state index contributed by atoms with van der Waals surface area (Å²) < 4.78 is 16.4. The van der Waals surface area contributed by atoms with Gasteiger partial charge in [-0.2, -0.15) is 0 Å². The van der Waals surface area contributed by atoms with Gasteiger partial charge in [0.1, 0.15) is 6.26 Å². The highest BCUT2D eigenvalue weighted by Crippen LogP contribution is 2.28. The molecule has 0 aliphatic carbocycles. The second kappa shape index (κ2) is 8.05. The van der Waals surface area contributed by atoms with Gasteiger partial charge in [0, 0.05) is 13.1 Å². The van der Waals surface area contributed by atoms with Gasteiger partial charge in [-0.25, -0.2) is 4.98 Å². The van der Waals surface area contributed by atoms with Crippen LogP contribution in [0, 0.1) is 6.92 Å². The van der Waals surface area contributed by atoms with E-state index in [1.54, 1.807) is 7.11 Å². The first kappa shape index (κ1) is 17.3. The van der Waals surface area contributed by atoms with E-state index in [-0.39, 0.29) is 12.5 Å². The van der Waals surface area contributed by atoms with Crippen molar-refractivity contribution in [3.63, 3.8) is 0 Å². The molecular weight excluding hydrogens is 320 g/mol. The average Bonchev–Trinajstić information content (AvgIpc) is 2.93. The lowest BCUT2D eigenvalue weighted by Gasteiger charge is -2.18. The molecule has 25 heavy (non-hydrogen) atoms. The van der Waals surface area contributed by atoms with Crippen molar-refractivity contribution in [2.75, 3.05) is 20.2 Å². The molecule has 0 spiro atoms. The molecule has 1 amide bonds. The maximum atomic E-state index is 12.5. The Balaban J connectivity index is 1.62. The molecule has 3 rings (SSSR count). The van der Waals surface area contributed by atoms with E-state index in [9.17, 15) is 4.79 Å². The maximum Gasteiger partial charge on any atom is 0.275 e. The molecule has 1 aliphatic heterocycles. The summed E-state index contributed by atoms with van der Waals surface area (Å²) in [4.78, 5) is 18.7. The van der Waals surface area contributed by atoms with Gasteiger partial charge in [0.2, 0.25) is 5.89 Å². The third-order valence-electron chi connectivity index (χ3n) is 4.33. The third kappa shape index (κ3) is 4.32. The van der Waals surface area contributed by atoms with Gasteiger partial charge in [-0.05, 0) is 37.5 Å². The van der Waals surface area contributed by atoms with Crippen LogP contribution < -0.4 is 9.47 Å². The van der Waals surface area contributed by atoms with E-state index in [4.69, 9.17) is 13.9 Å². The van der Waals surface area contributed by atoms with E-state index < -0.39 is 0 Å². The first-order valence-corrected chi connectivity index (χ1v) is 8.68. The highest BCUT2D eigenvalue weighted by molar-refractivity contribution is 5.92. The molecule has 1 saturated heterocycles. The molecule has 0 atom stereocenters. The summed E-state index contributed by atoms with van der Waals surface area (Å²) in [5, 5.41) is 0. The second-order valence-electron chi connectivity index (χ2n) is 6.28. The van der Waals surface area contributed by atoms with Crippen LogP contribution in [-0.2, 0) is 6.61 Å². The van der Waals surface area contributed by atoms with Crippen molar-refractivity contribution in [3.05, 3.63) is 41.6 Å². The van der Waals surface area contributed by atoms with Crippen molar-refractivity contribution in [2.45, 2.75) is 39.2 Å². The second-order valence-corrected chi connectivity index (χ2v) is 6.28. The summed E-state index contributed by atoms with van der Waals surface area (Å²) >= 11 is 0. The molecule has 0 saturated carbocycles. The third-order valence-corrected chi connectivity index (χ3v) is 4.33. The van der Waals surface area contributed by atoms with Crippen LogP contribution in [0.25, 0.3) is 0 Å². The van der Waals surface area contributed by atoms with E-state index >= 15 is 0 Å². The van der Waals surface area contributed by atoms with Gasteiger partial charge >= 0.3 is 0 Å². The van der Waals surface area contributed by atoms with E-state index in [2.05, 4.69) is 4.98 Å². The van der Waals surface area contributed by atoms with Gasteiger partial charge in [0.05, 0.1) is 7.11 Å². The summed E-state index contributed by atoms with van der Waals surface area (Å²) in [6.45, 7) is 3.71. The summed E-state index contributed by atoms with van der Waals surface area (Å²) in [5.74, 6) is 1.59. The van der Waals surface area contributed by atoms with Crippen LogP contribution in [0.4, 0.5) is 0 Å². The predicted octanol–water partition coefficient (Wildman–Crippen LogP) is 3.59. The number of methoxy groups -OCH3 is 1. The van der Waals surface area contributed by atoms with Crippen LogP contribution in [0.1, 0.15) is 47.6 Å². The Morgan fingerprint density at radius 3 is 2.68 bits per heavy atom. The first-order valence-electron chi connectivity index (χ1n) is 8.68. The number of carbonyl (C=O) groups is 1. The number of aromatic nitrogens is 1. The fourth-order valence-corrected chi connectivity index (χ4v) is 2.94. The number of amides is 1. The number of ether oxygens (including phenoxy) is 2. The van der Waals surface area contributed by atoms with Crippen molar-refractivity contribution in [3.8, 4) is 11.5 Å². The molecule has 6 heteroatoms. The number of hydrogen-bond donors (Lipinski definition) is 0. The molecule has 0 unspecified atom stereocenters. The normalized spacial score (nSPS) is 14.9.